The minimum Gasteiger partial charge on any atom is -0.145 e. The van der Waals surface area contributed by atoms with Crippen LogP contribution in [0.4, 0.5) is 0 Å². The highest BCUT2D eigenvalue weighted by atomic mass is 32.1. The second-order valence-electron chi connectivity index (χ2n) is 9.28. The summed E-state index contributed by atoms with van der Waals surface area (Å²) >= 11 is 1.98. The first kappa shape index (κ1) is 19.1. The van der Waals surface area contributed by atoms with Crippen LogP contribution in [-0.2, 0) is 25.7 Å². The maximum atomic E-state index is 2.35. The Kier molecular flexibility index (Phi) is 4.38. The van der Waals surface area contributed by atoms with Crippen LogP contribution in [0.15, 0.2) is 97.1 Å². The molecule has 2 aliphatic rings. The van der Waals surface area contributed by atoms with E-state index in [4.69, 9.17) is 0 Å². The maximum absolute atomic E-state index is 2.35. The van der Waals surface area contributed by atoms with E-state index in [0.29, 0.717) is 0 Å². The van der Waals surface area contributed by atoms with Gasteiger partial charge in [0.25, 0.3) is 0 Å². The molecular formula is C32H24S. The second-order valence-corrected chi connectivity index (χ2v) is 10.5. The van der Waals surface area contributed by atoms with Gasteiger partial charge >= 0.3 is 0 Å². The van der Waals surface area contributed by atoms with Gasteiger partial charge in [-0.25, -0.2) is 0 Å². The van der Waals surface area contributed by atoms with Crippen LogP contribution in [0.25, 0.3) is 22.3 Å². The molecule has 1 aromatic heterocycles. The normalized spacial score (nSPS) is 12.8. The van der Waals surface area contributed by atoms with E-state index in [1.165, 1.54) is 65.4 Å². The molecule has 1 heteroatoms. The summed E-state index contributed by atoms with van der Waals surface area (Å²) in [4.78, 5) is 2.93. The zero-order valence-corrected chi connectivity index (χ0v) is 19.3. The lowest BCUT2D eigenvalue weighted by Crippen LogP contribution is -1.93. The van der Waals surface area contributed by atoms with Crippen molar-refractivity contribution in [3.63, 3.8) is 0 Å². The minimum atomic E-state index is 1.03. The summed E-state index contributed by atoms with van der Waals surface area (Å²) in [5, 5.41) is 0. The third kappa shape index (κ3) is 3.19. The fraction of sp³-hybridized carbons (Fsp3) is 0.125. The second kappa shape index (κ2) is 7.57. The monoisotopic (exact) mass is 440 g/mol. The van der Waals surface area contributed by atoms with E-state index in [1.54, 1.807) is 0 Å². The Balaban J connectivity index is 1.15. The van der Waals surface area contributed by atoms with Gasteiger partial charge in [-0.3, -0.25) is 0 Å². The van der Waals surface area contributed by atoms with E-state index in [9.17, 15) is 0 Å². The molecule has 4 aromatic carbocycles. The van der Waals surface area contributed by atoms with Gasteiger partial charge in [0.15, 0.2) is 0 Å². The van der Waals surface area contributed by atoms with Crippen molar-refractivity contribution < 1.29 is 0 Å². The molecule has 0 nitrogen and oxygen atoms in total. The molecule has 0 saturated heterocycles. The average molecular weight is 441 g/mol. The lowest BCUT2D eigenvalue weighted by molar-refractivity contribution is 1.14. The topological polar surface area (TPSA) is 0 Å². The molecule has 0 unspecified atom stereocenters. The van der Waals surface area contributed by atoms with Crippen LogP contribution in [0.2, 0.25) is 0 Å². The minimum absolute atomic E-state index is 1.03. The highest BCUT2D eigenvalue weighted by Gasteiger charge is 2.22. The number of fused-ring (bicyclic) bond motifs is 6. The van der Waals surface area contributed by atoms with Gasteiger partial charge in [-0.15, -0.1) is 11.3 Å². The van der Waals surface area contributed by atoms with Crippen LogP contribution in [0.5, 0.6) is 0 Å². The molecule has 5 aromatic rings. The Hall–Kier alpha value is -3.42. The van der Waals surface area contributed by atoms with Gasteiger partial charge in [-0.2, -0.15) is 0 Å². The maximum Gasteiger partial charge on any atom is 0.00922 e. The molecule has 0 amide bonds. The fourth-order valence-electron chi connectivity index (χ4n) is 5.77. The largest absolute Gasteiger partial charge is 0.145 e. The van der Waals surface area contributed by atoms with Gasteiger partial charge in [-0.1, -0.05) is 84.9 Å². The van der Waals surface area contributed by atoms with Gasteiger partial charge < -0.3 is 0 Å². The third-order valence-corrected chi connectivity index (χ3v) is 8.43. The lowest BCUT2D eigenvalue weighted by atomic mass is 9.98. The van der Waals surface area contributed by atoms with Crippen molar-refractivity contribution in [2.45, 2.75) is 25.7 Å². The lowest BCUT2D eigenvalue weighted by Gasteiger charge is -2.08. The fourth-order valence-corrected chi connectivity index (χ4v) is 6.83. The number of rotatable bonds is 4. The van der Waals surface area contributed by atoms with Crippen molar-refractivity contribution in [1.82, 2.24) is 0 Å². The Morgan fingerprint density at radius 2 is 0.909 bits per heavy atom. The standard InChI is InChI=1S/C32H24S/c1-3-11-27-23(7-1)19-31-21(9-5-13-29(27)31)17-25-15-16-26(33-25)18-22-10-6-14-30-28-12-4-2-8-24(28)20-32(22)30/h1-16H,17-20H2. The van der Waals surface area contributed by atoms with E-state index in [1.807, 2.05) is 11.3 Å². The molecule has 2 aliphatic carbocycles. The van der Waals surface area contributed by atoms with Crippen LogP contribution in [0.1, 0.15) is 43.1 Å². The smallest absolute Gasteiger partial charge is 0.00922 e. The molecule has 1 heterocycles. The summed E-state index contributed by atoms with van der Waals surface area (Å²) in [6.07, 6.45) is 4.19. The predicted octanol–water partition coefficient (Wildman–Crippen LogP) is 8.07. The van der Waals surface area contributed by atoms with Crippen molar-refractivity contribution in [1.29, 1.82) is 0 Å². The number of benzene rings is 4. The van der Waals surface area contributed by atoms with E-state index in [0.717, 1.165) is 25.7 Å². The van der Waals surface area contributed by atoms with Crippen molar-refractivity contribution in [2.24, 2.45) is 0 Å². The summed E-state index contributed by atoms with van der Waals surface area (Å²) in [7, 11) is 0. The molecule has 33 heavy (non-hydrogen) atoms. The summed E-state index contributed by atoms with van der Waals surface area (Å²) in [6.45, 7) is 0. The first-order chi connectivity index (χ1) is 16.3. The highest BCUT2D eigenvalue weighted by Crippen LogP contribution is 2.40. The van der Waals surface area contributed by atoms with Crippen LogP contribution in [-0.4, -0.2) is 0 Å². The first-order valence-electron chi connectivity index (χ1n) is 11.8. The van der Waals surface area contributed by atoms with Gasteiger partial charge in [0.1, 0.15) is 0 Å². The number of hydrogen-bond acceptors (Lipinski definition) is 1. The highest BCUT2D eigenvalue weighted by molar-refractivity contribution is 7.12. The van der Waals surface area contributed by atoms with Gasteiger partial charge in [-0.05, 0) is 80.6 Å². The Bertz CT molecular complexity index is 1400. The molecule has 0 spiro atoms. The zero-order valence-electron chi connectivity index (χ0n) is 18.5. The van der Waals surface area contributed by atoms with Crippen LogP contribution in [0, 0.1) is 0 Å². The van der Waals surface area contributed by atoms with Crippen molar-refractivity contribution in [2.75, 3.05) is 0 Å². The summed E-state index contributed by atoms with van der Waals surface area (Å²) in [6, 6.07) is 36.1. The number of thiophene rings is 1. The molecule has 0 aliphatic heterocycles. The predicted molar refractivity (Wildman–Crippen MR) is 139 cm³/mol. The summed E-state index contributed by atoms with van der Waals surface area (Å²) in [5.41, 5.74) is 14.6. The van der Waals surface area contributed by atoms with E-state index >= 15 is 0 Å². The Morgan fingerprint density at radius 3 is 1.42 bits per heavy atom. The van der Waals surface area contributed by atoms with Gasteiger partial charge in [0.2, 0.25) is 0 Å². The zero-order chi connectivity index (χ0) is 21.8. The average Bonchev–Trinajstić information content (AvgIpc) is 3.55. The van der Waals surface area contributed by atoms with E-state index in [-0.39, 0.29) is 0 Å². The van der Waals surface area contributed by atoms with Gasteiger partial charge in [0.05, 0.1) is 0 Å². The Labute approximate surface area is 199 Å². The van der Waals surface area contributed by atoms with Crippen molar-refractivity contribution in [3.8, 4) is 22.3 Å². The quantitative estimate of drug-likeness (QED) is 0.259. The summed E-state index contributed by atoms with van der Waals surface area (Å²) < 4.78 is 0. The molecule has 0 saturated carbocycles. The first-order valence-corrected chi connectivity index (χ1v) is 12.6. The molecule has 0 atom stereocenters. The molecular weight excluding hydrogens is 416 g/mol. The van der Waals surface area contributed by atoms with E-state index in [2.05, 4.69) is 97.1 Å². The number of hydrogen-bond donors (Lipinski definition) is 0. The molecule has 0 radical (unpaired) electrons. The third-order valence-electron chi connectivity index (χ3n) is 7.34. The molecule has 0 fully saturated rings. The Morgan fingerprint density at radius 1 is 0.455 bits per heavy atom. The molecule has 158 valence electrons. The van der Waals surface area contributed by atoms with Crippen molar-refractivity contribution in [3.05, 3.63) is 140 Å². The molecule has 0 N–H and O–H groups in total. The van der Waals surface area contributed by atoms with Crippen molar-refractivity contribution >= 4 is 11.3 Å². The molecule has 0 bridgehead atoms. The van der Waals surface area contributed by atoms with Gasteiger partial charge in [0, 0.05) is 22.6 Å². The van der Waals surface area contributed by atoms with Crippen LogP contribution < -0.4 is 0 Å². The SMILES string of the molecule is c1ccc2c(c1)Cc1c(Cc3ccc(Cc4cccc5c4Cc4ccccc4-5)s3)cccc1-2. The van der Waals surface area contributed by atoms with E-state index < -0.39 is 0 Å². The molecule has 7 rings (SSSR count). The van der Waals surface area contributed by atoms with Crippen LogP contribution >= 0.6 is 11.3 Å². The van der Waals surface area contributed by atoms with Crippen LogP contribution in [0.3, 0.4) is 0 Å². The summed E-state index contributed by atoms with van der Waals surface area (Å²) in [5.74, 6) is 0.